The predicted molar refractivity (Wildman–Crippen MR) is 83.1 cm³/mol. The second-order valence-electron chi connectivity index (χ2n) is 5.52. The smallest absolute Gasteiger partial charge is 0.164 e. The number of carbonyl (C=O) groups excluding carboxylic acids is 1. The first kappa shape index (κ1) is 15.0. The fourth-order valence-electron chi connectivity index (χ4n) is 2.55. The van der Waals surface area contributed by atoms with Crippen molar-refractivity contribution in [1.29, 1.82) is 0 Å². The molecule has 0 aromatic heterocycles. The molecule has 2 rings (SSSR count). The van der Waals surface area contributed by atoms with Gasteiger partial charge in [0, 0.05) is 50.4 Å². The van der Waals surface area contributed by atoms with Crippen molar-refractivity contribution in [2.75, 3.05) is 45.0 Å². The molecule has 0 aliphatic carbocycles. The van der Waals surface area contributed by atoms with Crippen molar-refractivity contribution in [3.8, 4) is 0 Å². The molecule has 0 unspecified atom stereocenters. The van der Waals surface area contributed by atoms with E-state index in [0.29, 0.717) is 12.1 Å². The number of hydrogen-bond donors (Lipinski definition) is 1. The zero-order chi connectivity index (χ0) is 14.5. The zero-order valence-corrected chi connectivity index (χ0v) is 12.6. The Hall–Kier alpha value is -1.39. The largest absolute Gasteiger partial charge is 0.398 e. The Kier molecular flexibility index (Phi) is 5.15. The quantitative estimate of drug-likeness (QED) is 0.657. The number of nitrogens with two attached hydrogens (primary N) is 1. The highest BCUT2D eigenvalue weighted by Crippen LogP contribution is 2.14. The Morgan fingerprint density at radius 2 is 1.85 bits per heavy atom. The number of benzene rings is 1. The fraction of sp³-hybridized carbons (Fsp3) is 0.562. The van der Waals surface area contributed by atoms with Crippen LogP contribution < -0.4 is 5.73 Å². The number of nitrogens with zero attached hydrogens (tertiary/aromatic N) is 2. The summed E-state index contributed by atoms with van der Waals surface area (Å²) in [6, 6.07) is 5.60. The highest BCUT2D eigenvalue weighted by molar-refractivity contribution is 5.97. The third kappa shape index (κ3) is 3.81. The number of rotatable bonds is 5. The fourth-order valence-corrected chi connectivity index (χ4v) is 2.55. The normalized spacial score (nSPS) is 17.3. The third-order valence-corrected chi connectivity index (χ3v) is 4.17. The second kappa shape index (κ2) is 6.86. The van der Waals surface area contributed by atoms with Crippen LogP contribution in [0.15, 0.2) is 18.2 Å². The van der Waals surface area contributed by atoms with Gasteiger partial charge in [0.05, 0.1) is 0 Å². The van der Waals surface area contributed by atoms with Crippen molar-refractivity contribution in [3.63, 3.8) is 0 Å². The molecule has 0 radical (unpaired) electrons. The molecule has 1 saturated heterocycles. The Morgan fingerprint density at radius 3 is 2.45 bits per heavy atom. The van der Waals surface area contributed by atoms with Crippen LogP contribution in [0, 0.1) is 6.92 Å². The average Bonchev–Trinajstić information content (AvgIpc) is 2.48. The average molecular weight is 275 g/mol. The lowest BCUT2D eigenvalue weighted by Gasteiger charge is -2.33. The van der Waals surface area contributed by atoms with Crippen LogP contribution in [0.1, 0.15) is 29.3 Å². The van der Waals surface area contributed by atoms with Gasteiger partial charge < -0.3 is 15.5 Å². The van der Waals surface area contributed by atoms with Gasteiger partial charge >= 0.3 is 0 Å². The van der Waals surface area contributed by atoms with Gasteiger partial charge in [0.2, 0.25) is 0 Å². The van der Waals surface area contributed by atoms with Gasteiger partial charge in [0.1, 0.15) is 0 Å². The first-order valence-corrected chi connectivity index (χ1v) is 7.44. The minimum Gasteiger partial charge on any atom is -0.398 e. The molecule has 1 fully saturated rings. The molecule has 4 nitrogen and oxygen atoms in total. The van der Waals surface area contributed by atoms with Crippen LogP contribution in [0.25, 0.3) is 0 Å². The van der Waals surface area contributed by atoms with E-state index >= 15 is 0 Å². The molecule has 2 N–H and O–H groups in total. The lowest BCUT2D eigenvalue weighted by molar-refractivity contribution is 0.0932. The lowest BCUT2D eigenvalue weighted by atomic mass is 10.0. The number of likely N-dealkylation sites (N-methyl/N-ethyl adjacent to an activating group) is 1. The zero-order valence-electron chi connectivity index (χ0n) is 12.6. The Balaban J connectivity index is 1.82. The highest BCUT2D eigenvalue weighted by atomic mass is 16.1. The van der Waals surface area contributed by atoms with Crippen LogP contribution in [0.4, 0.5) is 5.69 Å². The molecular formula is C16H25N3O. The first-order chi connectivity index (χ1) is 9.60. The van der Waals surface area contributed by atoms with E-state index in [-0.39, 0.29) is 5.78 Å². The summed E-state index contributed by atoms with van der Waals surface area (Å²) in [6.07, 6.45) is 0.578. The summed E-state index contributed by atoms with van der Waals surface area (Å²) in [5.41, 5.74) is 8.32. The Labute approximate surface area is 121 Å². The molecule has 4 heteroatoms. The van der Waals surface area contributed by atoms with Gasteiger partial charge in [0.15, 0.2) is 5.78 Å². The van der Waals surface area contributed by atoms with E-state index in [1.54, 1.807) is 6.07 Å². The van der Waals surface area contributed by atoms with Crippen molar-refractivity contribution in [2.45, 2.75) is 20.3 Å². The molecule has 1 aliphatic rings. The minimum atomic E-state index is 0.189. The number of anilines is 1. The molecular weight excluding hydrogens is 250 g/mol. The maximum atomic E-state index is 12.2. The standard InChI is InChI=1S/C16H25N3O/c1-3-18-8-10-19(11-9-18)7-6-16(20)14-5-4-13(2)15(17)12-14/h4-5,12H,3,6-11,17H2,1-2H3. The minimum absolute atomic E-state index is 0.189. The Morgan fingerprint density at radius 1 is 1.20 bits per heavy atom. The summed E-state index contributed by atoms with van der Waals surface area (Å²) in [4.78, 5) is 17.0. The van der Waals surface area contributed by atoms with Crippen molar-refractivity contribution in [2.24, 2.45) is 0 Å². The molecule has 1 aromatic carbocycles. The molecule has 0 spiro atoms. The monoisotopic (exact) mass is 275 g/mol. The van der Waals surface area contributed by atoms with Crippen molar-refractivity contribution in [3.05, 3.63) is 29.3 Å². The summed E-state index contributed by atoms with van der Waals surface area (Å²) in [5.74, 6) is 0.189. The van der Waals surface area contributed by atoms with E-state index < -0.39 is 0 Å². The van der Waals surface area contributed by atoms with Gasteiger partial charge in [-0.2, -0.15) is 0 Å². The SMILES string of the molecule is CCN1CCN(CCC(=O)c2ccc(C)c(N)c2)CC1. The van der Waals surface area contributed by atoms with E-state index in [2.05, 4.69) is 16.7 Å². The Bertz CT molecular complexity index is 465. The van der Waals surface area contributed by atoms with Crippen LogP contribution in [0.2, 0.25) is 0 Å². The van der Waals surface area contributed by atoms with E-state index in [0.717, 1.165) is 50.4 Å². The van der Waals surface area contributed by atoms with Crippen LogP contribution in [0.3, 0.4) is 0 Å². The summed E-state index contributed by atoms with van der Waals surface area (Å²) in [6.45, 7) is 10.5. The van der Waals surface area contributed by atoms with E-state index in [4.69, 9.17) is 5.73 Å². The van der Waals surface area contributed by atoms with Gasteiger partial charge in [-0.3, -0.25) is 4.79 Å². The predicted octanol–water partition coefficient (Wildman–Crippen LogP) is 1.79. The first-order valence-electron chi connectivity index (χ1n) is 7.44. The van der Waals surface area contributed by atoms with E-state index in [1.165, 1.54) is 0 Å². The summed E-state index contributed by atoms with van der Waals surface area (Å²) < 4.78 is 0. The molecule has 1 heterocycles. The van der Waals surface area contributed by atoms with Gasteiger partial charge in [-0.15, -0.1) is 0 Å². The number of carbonyl (C=O) groups is 1. The number of hydrogen-bond acceptors (Lipinski definition) is 4. The molecule has 1 aromatic rings. The number of Topliss-reactive ketones (excluding diaryl/α,β-unsaturated/α-hetero) is 1. The molecule has 0 saturated carbocycles. The molecule has 0 bridgehead atoms. The maximum absolute atomic E-state index is 12.2. The molecule has 1 aliphatic heterocycles. The van der Waals surface area contributed by atoms with Crippen LogP contribution >= 0.6 is 0 Å². The topological polar surface area (TPSA) is 49.6 Å². The number of piperazine rings is 1. The molecule has 20 heavy (non-hydrogen) atoms. The number of nitrogen functional groups attached to an aromatic ring is 1. The third-order valence-electron chi connectivity index (χ3n) is 4.17. The van der Waals surface area contributed by atoms with Gasteiger partial charge in [-0.1, -0.05) is 19.1 Å². The second-order valence-corrected chi connectivity index (χ2v) is 5.52. The van der Waals surface area contributed by atoms with Gasteiger partial charge in [-0.25, -0.2) is 0 Å². The van der Waals surface area contributed by atoms with Crippen molar-refractivity contribution < 1.29 is 4.79 Å². The summed E-state index contributed by atoms with van der Waals surface area (Å²) in [7, 11) is 0. The molecule has 110 valence electrons. The van der Waals surface area contributed by atoms with Crippen LogP contribution in [-0.4, -0.2) is 54.9 Å². The van der Waals surface area contributed by atoms with Crippen LogP contribution in [0.5, 0.6) is 0 Å². The number of aryl methyl sites for hydroxylation is 1. The number of ketones is 1. The highest BCUT2D eigenvalue weighted by Gasteiger charge is 2.16. The lowest BCUT2D eigenvalue weighted by Crippen LogP contribution is -2.46. The van der Waals surface area contributed by atoms with E-state index in [1.807, 2.05) is 19.1 Å². The maximum Gasteiger partial charge on any atom is 0.164 e. The molecule has 0 atom stereocenters. The summed E-state index contributed by atoms with van der Waals surface area (Å²) in [5, 5.41) is 0. The van der Waals surface area contributed by atoms with Crippen LogP contribution in [-0.2, 0) is 0 Å². The van der Waals surface area contributed by atoms with Gasteiger partial charge in [-0.05, 0) is 25.1 Å². The van der Waals surface area contributed by atoms with E-state index in [9.17, 15) is 4.79 Å². The summed E-state index contributed by atoms with van der Waals surface area (Å²) >= 11 is 0. The van der Waals surface area contributed by atoms with Crippen molar-refractivity contribution >= 4 is 11.5 Å². The molecule has 0 amide bonds. The van der Waals surface area contributed by atoms with Gasteiger partial charge in [0.25, 0.3) is 0 Å². The van der Waals surface area contributed by atoms with Crippen molar-refractivity contribution in [1.82, 2.24) is 9.80 Å².